The number of carboxylic acids is 1. The van der Waals surface area contributed by atoms with Gasteiger partial charge in [-0.25, -0.2) is 5.43 Å². The molecule has 0 aromatic heterocycles. The standard InChI is InChI=1S/C17H18N2O3/c20-16(12-14-9-5-2-6-10-14)19-18-15(17(21)22)11-13-7-3-1-4-8-13/h1-10,15,18H,11-12H2,(H,19,20)(H,21,22). The molecule has 0 radical (unpaired) electrons. The van der Waals surface area contributed by atoms with Gasteiger partial charge in [0.2, 0.25) is 5.91 Å². The first-order valence-electron chi connectivity index (χ1n) is 7.00. The Morgan fingerprint density at radius 3 is 2.00 bits per heavy atom. The van der Waals surface area contributed by atoms with E-state index in [-0.39, 0.29) is 12.3 Å². The van der Waals surface area contributed by atoms with Gasteiger partial charge in [-0.05, 0) is 11.1 Å². The smallest absolute Gasteiger partial charge is 0.322 e. The summed E-state index contributed by atoms with van der Waals surface area (Å²) in [4.78, 5) is 23.1. The molecule has 1 unspecified atom stereocenters. The summed E-state index contributed by atoms with van der Waals surface area (Å²) in [5.41, 5.74) is 6.81. The van der Waals surface area contributed by atoms with Crippen LogP contribution in [0, 0.1) is 0 Å². The van der Waals surface area contributed by atoms with Crippen molar-refractivity contribution in [3.8, 4) is 0 Å². The zero-order valence-electron chi connectivity index (χ0n) is 12.0. The summed E-state index contributed by atoms with van der Waals surface area (Å²) in [5.74, 6) is -1.28. The summed E-state index contributed by atoms with van der Waals surface area (Å²) in [6, 6.07) is 17.7. The molecule has 3 N–H and O–H groups in total. The average Bonchev–Trinajstić information content (AvgIpc) is 2.53. The number of carboxylic acid groups (broad SMARTS) is 1. The van der Waals surface area contributed by atoms with Crippen molar-refractivity contribution < 1.29 is 14.7 Å². The third-order valence-electron chi connectivity index (χ3n) is 3.17. The fourth-order valence-corrected chi connectivity index (χ4v) is 2.04. The number of hydrogen-bond donors (Lipinski definition) is 3. The van der Waals surface area contributed by atoms with Crippen LogP contribution in [-0.4, -0.2) is 23.0 Å². The van der Waals surface area contributed by atoms with E-state index in [1.807, 2.05) is 60.7 Å². The van der Waals surface area contributed by atoms with Crippen LogP contribution in [0.1, 0.15) is 11.1 Å². The highest BCUT2D eigenvalue weighted by Crippen LogP contribution is 2.03. The van der Waals surface area contributed by atoms with E-state index in [9.17, 15) is 14.7 Å². The van der Waals surface area contributed by atoms with Crippen LogP contribution >= 0.6 is 0 Å². The average molecular weight is 298 g/mol. The van der Waals surface area contributed by atoms with E-state index >= 15 is 0 Å². The number of benzene rings is 2. The monoisotopic (exact) mass is 298 g/mol. The molecule has 2 rings (SSSR count). The minimum Gasteiger partial charge on any atom is -0.480 e. The van der Waals surface area contributed by atoms with Gasteiger partial charge in [-0.1, -0.05) is 60.7 Å². The van der Waals surface area contributed by atoms with E-state index in [1.54, 1.807) is 0 Å². The first-order chi connectivity index (χ1) is 10.6. The minimum atomic E-state index is -1.01. The molecule has 1 atom stereocenters. The van der Waals surface area contributed by atoms with Crippen molar-refractivity contribution in [1.82, 2.24) is 10.9 Å². The molecule has 0 saturated carbocycles. The SMILES string of the molecule is O=C(Cc1ccccc1)NNC(Cc1ccccc1)C(=O)O. The highest BCUT2D eigenvalue weighted by atomic mass is 16.4. The second-order valence-corrected chi connectivity index (χ2v) is 4.94. The van der Waals surface area contributed by atoms with Crippen molar-refractivity contribution in [2.75, 3.05) is 0 Å². The molecule has 1 amide bonds. The van der Waals surface area contributed by atoms with E-state index in [0.717, 1.165) is 11.1 Å². The number of carbonyl (C=O) groups excluding carboxylic acids is 1. The number of nitrogens with one attached hydrogen (secondary N) is 2. The Balaban J connectivity index is 1.86. The number of rotatable bonds is 7. The maximum atomic E-state index is 11.8. The summed E-state index contributed by atoms with van der Waals surface area (Å²) < 4.78 is 0. The fourth-order valence-electron chi connectivity index (χ4n) is 2.04. The third-order valence-corrected chi connectivity index (χ3v) is 3.17. The van der Waals surface area contributed by atoms with Crippen molar-refractivity contribution in [3.05, 3.63) is 71.8 Å². The van der Waals surface area contributed by atoms with Crippen molar-refractivity contribution in [1.29, 1.82) is 0 Å². The Hall–Kier alpha value is -2.66. The van der Waals surface area contributed by atoms with Gasteiger partial charge in [0.05, 0.1) is 6.42 Å². The lowest BCUT2D eigenvalue weighted by molar-refractivity contribution is -0.140. The van der Waals surface area contributed by atoms with Crippen LogP contribution in [0.2, 0.25) is 0 Å². The maximum absolute atomic E-state index is 11.8. The lowest BCUT2D eigenvalue weighted by atomic mass is 10.1. The predicted octanol–water partition coefficient (Wildman–Crippen LogP) is 1.55. The first-order valence-corrected chi connectivity index (χ1v) is 7.00. The normalized spacial score (nSPS) is 11.6. The van der Waals surface area contributed by atoms with Gasteiger partial charge in [-0.2, -0.15) is 0 Å². The van der Waals surface area contributed by atoms with Crippen LogP contribution in [0.3, 0.4) is 0 Å². The summed E-state index contributed by atoms with van der Waals surface area (Å²) in [7, 11) is 0. The van der Waals surface area contributed by atoms with Gasteiger partial charge in [0, 0.05) is 6.42 Å². The molecule has 0 bridgehead atoms. The molecule has 5 heteroatoms. The second-order valence-electron chi connectivity index (χ2n) is 4.94. The number of hydrazine groups is 1. The van der Waals surface area contributed by atoms with Crippen molar-refractivity contribution in [2.45, 2.75) is 18.9 Å². The second kappa shape index (κ2) is 7.95. The fraction of sp³-hybridized carbons (Fsp3) is 0.176. The van der Waals surface area contributed by atoms with Gasteiger partial charge in [0.1, 0.15) is 6.04 Å². The molecule has 0 fully saturated rings. The van der Waals surface area contributed by atoms with Gasteiger partial charge >= 0.3 is 5.97 Å². The first kappa shape index (κ1) is 15.7. The molecule has 0 spiro atoms. The van der Waals surface area contributed by atoms with Gasteiger partial charge in [-0.3, -0.25) is 15.0 Å². The lowest BCUT2D eigenvalue weighted by Gasteiger charge is -2.15. The van der Waals surface area contributed by atoms with Gasteiger partial charge in [-0.15, -0.1) is 0 Å². The molecule has 0 heterocycles. The van der Waals surface area contributed by atoms with Gasteiger partial charge in [0.25, 0.3) is 0 Å². The van der Waals surface area contributed by atoms with Crippen LogP contribution in [0.4, 0.5) is 0 Å². The molecule has 114 valence electrons. The Kier molecular flexibility index (Phi) is 5.68. The summed E-state index contributed by atoms with van der Waals surface area (Å²) in [5, 5.41) is 9.22. The van der Waals surface area contributed by atoms with E-state index in [4.69, 9.17) is 0 Å². The molecule has 5 nitrogen and oxygen atoms in total. The lowest BCUT2D eigenvalue weighted by Crippen LogP contribution is -2.49. The van der Waals surface area contributed by atoms with E-state index in [2.05, 4.69) is 10.9 Å². The molecule has 22 heavy (non-hydrogen) atoms. The molecule has 0 aliphatic heterocycles. The Morgan fingerprint density at radius 1 is 0.909 bits per heavy atom. The number of carbonyl (C=O) groups is 2. The van der Waals surface area contributed by atoms with Crippen LogP contribution in [-0.2, 0) is 22.4 Å². The van der Waals surface area contributed by atoms with Crippen molar-refractivity contribution in [3.63, 3.8) is 0 Å². The van der Waals surface area contributed by atoms with E-state index in [0.29, 0.717) is 6.42 Å². The largest absolute Gasteiger partial charge is 0.480 e. The van der Waals surface area contributed by atoms with Crippen LogP contribution in [0.5, 0.6) is 0 Å². The Bertz CT molecular complexity index is 614. The van der Waals surface area contributed by atoms with Gasteiger partial charge < -0.3 is 5.11 Å². The molecule has 2 aromatic carbocycles. The topological polar surface area (TPSA) is 78.4 Å². The zero-order chi connectivity index (χ0) is 15.8. The maximum Gasteiger partial charge on any atom is 0.322 e. The molecule has 0 aliphatic rings. The van der Waals surface area contributed by atoms with Crippen LogP contribution < -0.4 is 10.9 Å². The van der Waals surface area contributed by atoms with E-state index in [1.165, 1.54) is 0 Å². The quantitative estimate of drug-likeness (QED) is 0.678. The highest BCUT2D eigenvalue weighted by Gasteiger charge is 2.18. The predicted molar refractivity (Wildman–Crippen MR) is 83.0 cm³/mol. The van der Waals surface area contributed by atoms with Crippen LogP contribution in [0.25, 0.3) is 0 Å². The summed E-state index contributed by atoms with van der Waals surface area (Å²) in [6.45, 7) is 0. The molecular weight excluding hydrogens is 280 g/mol. The third kappa shape index (κ3) is 5.03. The van der Waals surface area contributed by atoms with Crippen LogP contribution in [0.15, 0.2) is 60.7 Å². The molecule has 0 aliphatic carbocycles. The molecule has 0 saturated heterocycles. The zero-order valence-corrected chi connectivity index (χ0v) is 12.0. The number of amides is 1. The van der Waals surface area contributed by atoms with Crippen molar-refractivity contribution >= 4 is 11.9 Å². The minimum absolute atomic E-state index is 0.200. The molecule has 2 aromatic rings. The summed E-state index contributed by atoms with van der Waals surface area (Å²) >= 11 is 0. The Morgan fingerprint density at radius 2 is 1.45 bits per heavy atom. The number of hydrogen-bond acceptors (Lipinski definition) is 3. The number of aliphatic carboxylic acids is 1. The van der Waals surface area contributed by atoms with E-state index < -0.39 is 12.0 Å². The summed E-state index contributed by atoms with van der Waals surface area (Å²) in [6.07, 6.45) is 0.493. The highest BCUT2D eigenvalue weighted by molar-refractivity contribution is 5.79. The van der Waals surface area contributed by atoms with Crippen molar-refractivity contribution in [2.24, 2.45) is 0 Å². The van der Waals surface area contributed by atoms with Gasteiger partial charge in [0.15, 0.2) is 0 Å². The Labute approximate surface area is 129 Å². The molecular formula is C17H18N2O3.